The molecule has 3 rings (SSSR count). The van der Waals surface area contributed by atoms with Gasteiger partial charge in [-0.1, -0.05) is 23.2 Å². The summed E-state index contributed by atoms with van der Waals surface area (Å²) in [4.78, 5) is 41.1. The normalized spacial score (nSPS) is 14.1. The highest BCUT2D eigenvalue weighted by atomic mass is 35.5. The number of ether oxygens (including phenoxy) is 4. The number of nitrogens with one attached hydrogen (secondary N) is 1. The van der Waals surface area contributed by atoms with E-state index in [1.807, 2.05) is 0 Å². The van der Waals surface area contributed by atoms with Crippen LogP contribution in [-0.2, 0) is 25.6 Å². The smallest absolute Gasteiger partial charge is 0.340 e. The van der Waals surface area contributed by atoms with E-state index in [1.165, 1.54) is 25.4 Å². The highest BCUT2D eigenvalue weighted by molar-refractivity contribution is 6.37. The zero-order chi connectivity index (χ0) is 23.6. The second kappa shape index (κ2) is 9.32. The molecule has 1 aliphatic heterocycles. The Balaban J connectivity index is 1.74. The molecule has 0 aliphatic carbocycles. The Kier molecular flexibility index (Phi) is 6.92. The number of amides is 1. The topological polar surface area (TPSA) is 113 Å². The third kappa shape index (κ3) is 5.12. The van der Waals surface area contributed by atoms with E-state index in [9.17, 15) is 14.4 Å². The van der Waals surface area contributed by atoms with Crippen LogP contribution in [0, 0.1) is 6.92 Å². The molecular formula is C21H20Cl2N2O7. The number of rotatable bonds is 5. The van der Waals surface area contributed by atoms with Gasteiger partial charge in [-0.2, -0.15) is 0 Å². The largest absolute Gasteiger partial charge is 0.465 e. The molecule has 1 N–H and O–H groups in total. The molecule has 1 aromatic carbocycles. The van der Waals surface area contributed by atoms with E-state index in [0.29, 0.717) is 17.0 Å². The van der Waals surface area contributed by atoms with Crippen molar-refractivity contribution < 1.29 is 33.3 Å². The van der Waals surface area contributed by atoms with Gasteiger partial charge in [-0.3, -0.25) is 9.78 Å². The Morgan fingerprint density at radius 2 is 1.91 bits per heavy atom. The number of benzene rings is 1. The molecule has 0 spiro atoms. The number of fused-ring (bicyclic) bond motifs is 1. The number of carbonyl (C=O) groups excluding carboxylic acids is 3. The first-order valence-electron chi connectivity index (χ1n) is 9.38. The summed E-state index contributed by atoms with van der Waals surface area (Å²) in [6.45, 7) is 4.71. The second-order valence-electron chi connectivity index (χ2n) is 7.28. The Bertz CT molecular complexity index is 1100. The lowest BCUT2D eigenvalue weighted by Gasteiger charge is -2.33. The molecule has 32 heavy (non-hydrogen) atoms. The maximum absolute atomic E-state index is 12.6. The molecule has 11 heteroatoms. The number of aromatic nitrogens is 1. The fourth-order valence-electron chi connectivity index (χ4n) is 2.97. The number of anilines is 1. The molecule has 0 fully saturated rings. The first kappa shape index (κ1) is 23.8. The van der Waals surface area contributed by atoms with E-state index in [0.717, 1.165) is 0 Å². The number of esters is 2. The van der Waals surface area contributed by atoms with Gasteiger partial charge in [0.05, 0.1) is 41.2 Å². The predicted octanol–water partition coefficient (Wildman–Crippen LogP) is 3.92. The van der Waals surface area contributed by atoms with Crippen LogP contribution in [0.5, 0.6) is 5.75 Å². The van der Waals surface area contributed by atoms with Gasteiger partial charge in [0, 0.05) is 30.6 Å². The molecule has 1 amide bonds. The third-order valence-corrected chi connectivity index (χ3v) is 5.02. The SMILES string of the molecule is COC(=O)c1cc(Cl)cc(Cl)c1NC(=O)COC(=O)c1cnc(C)c2c1COC(C)(C)O2. The van der Waals surface area contributed by atoms with Gasteiger partial charge in [-0.15, -0.1) is 0 Å². The summed E-state index contributed by atoms with van der Waals surface area (Å²) in [5.41, 5.74) is 1.14. The van der Waals surface area contributed by atoms with Gasteiger partial charge in [-0.05, 0) is 19.1 Å². The Hall–Kier alpha value is -2.88. The van der Waals surface area contributed by atoms with Crippen LogP contribution in [0.25, 0.3) is 0 Å². The van der Waals surface area contributed by atoms with E-state index in [1.54, 1.807) is 20.8 Å². The van der Waals surface area contributed by atoms with Gasteiger partial charge in [0.15, 0.2) is 12.4 Å². The summed E-state index contributed by atoms with van der Waals surface area (Å²) >= 11 is 12.0. The quantitative estimate of drug-likeness (QED) is 0.637. The predicted molar refractivity (Wildman–Crippen MR) is 115 cm³/mol. The summed E-state index contributed by atoms with van der Waals surface area (Å²) in [6.07, 6.45) is 1.34. The maximum Gasteiger partial charge on any atom is 0.340 e. The van der Waals surface area contributed by atoms with Crippen LogP contribution < -0.4 is 10.1 Å². The molecule has 0 radical (unpaired) electrons. The number of aryl methyl sites for hydroxylation is 1. The lowest BCUT2D eigenvalue weighted by atomic mass is 10.1. The minimum absolute atomic E-state index is 0.0117. The summed E-state index contributed by atoms with van der Waals surface area (Å²) < 4.78 is 21.2. The van der Waals surface area contributed by atoms with E-state index in [-0.39, 0.29) is 33.5 Å². The fourth-order valence-corrected chi connectivity index (χ4v) is 3.51. The van der Waals surface area contributed by atoms with Gasteiger partial charge in [-0.25, -0.2) is 9.59 Å². The molecular weight excluding hydrogens is 463 g/mol. The fraction of sp³-hybridized carbons (Fsp3) is 0.333. The van der Waals surface area contributed by atoms with Crippen molar-refractivity contribution in [1.29, 1.82) is 0 Å². The number of halogens is 2. The number of hydrogen-bond donors (Lipinski definition) is 1. The number of methoxy groups -OCH3 is 1. The van der Waals surface area contributed by atoms with Crippen LogP contribution in [-0.4, -0.2) is 42.3 Å². The molecule has 0 unspecified atom stereocenters. The number of pyridine rings is 1. The lowest BCUT2D eigenvalue weighted by molar-refractivity contribution is -0.180. The molecule has 1 aromatic heterocycles. The molecule has 0 atom stereocenters. The van der Waals surface area contributed by atoms with Gasteiger partial charge in [0.1, 0.15) is 0 Å². The Morgan fingerprint density at radius 3 is 2.59 bits per heavy atom. The van der Waals surface area contributed by atoms with E-state index in [2.05, 4.69) is 15.0 Å². The van der Waals surface area contributed by atoms with Crippen molar-refractivity contribution in [3.8, 4) is 5.75 Å². The van der Waals surface area contributed by atoms with Crippen LogP contribution in [0.2, 0.25) is 10.0 Å². The summed E-state index contributed by atoms with van der Waals surface area (Å²) in [5.74, 6) is -2.68. The van der Waals surface area contributed by atoms with Gasteiger partial charge < -0.3 is 24.3 Å². The minimum atomic E-state index is -0.864. The minimum Gasteiger partial charge on any atom is -0.465 e. The summed E-state index contributed by atoms with van der Waals surface area (Å²) in [6, 6.07) is 2.65. The summed E-state index contributed by atoms with van der Waals surface area (Å²) in [5, 5.41) is 2.64. The van der Waals surface area contributed by atoms with Crippen LogP contribution in [0.15, 0.2) is 18.3 Å². The third-order valence-electron chi connectivity index (χ3n) is 4.51. The van der Waals surface area contributed by atoms with E-state index in [4.69, 9.17) is 37.4 Å². The molecule has 0 bridgehead atoms. The maximum atomic E-state index is 12.6. The van der Waals surface area contributed by atoms with E-state index >= 15 is 0 Å². The molecule has 2 heterocycles. The Morgan fingerprint density at radius 1 is 1.19 bits per heavy atom. The van der Waals surface area contributed by atoms with Crippen LogP contribution >= 0.6 is 23.2 Å². The van der Waals surface area contributed by atoms with Gasteiger partial charge in [0.25, 0.3) is 5.91 Å². The highest BCUT2D eigenvalue weighted by Crippen LogP contribution is 2.35. The zero-order valence-electron chi connectivity index (χ0n) is 17.7. The monoisotopic (exact) mass is 482 g/mol. The molecule has 9 nitrogen and oxygen atoms in total. The van der Waals surface area contributed by atoms with Crippen molar-refractivity contribution >= 4 is 46.7 Å². The standard InChI is InChI=1S/C21H20Cl2N2O7/c1-10-18-14(8-31-21(2,3)32-18)13(7-24-10)20(28)30-9-16(26)25-17-12(19(27)29-4)5-11(22)6-15(17)23/h5-7H,8-9H2,1-4H3,(H,25,26). The number of hydrogen-bond acceptors (Lipinski definition) is 8. The summed E-state index contributed by atoms with van der Waals surface area (Å²) in [7, 11) is 1.18. The van der Waals surface area contributed by atoms with Crippen molar-refractivity contribution in [3.63, 3.8) is 0 Å². The average molecular weight is 483 g/mol. The van der Waals surface area contributed by atoms with Crippen LogP contribution in [0.3, 0.4) is 0 Å². The van der Waals surface area contributed by atoms with Gasteiger partial charge in [0.2, 0.25) is 5.79 Å². The van der Waals surface area contributed by atoms with E-state index < -0.39 is 30.2 Å². The molecule has 0 saturated heterocycles. The zero-order valence-corrected chi connectivity index (χ0v) is 19.2. The van der Waals surface area contributed by atoms with Gasteiger partial charge >= 0.3 is 11.9 Å². The van der Waals surface area contributed by atoms with Crippen molar-refractivity contribution in [1.82, 2.24) is 4.98 Å². The number of nitrogens with zero attached hydrogens (tertiary/aromatic N) is 1. The second-order valence-corrected chi connectivity index (χ2v) is 8.13. The Labute approximate surface area is 193 Å². The van der Waals surface area contributed by atoms with Crippen molar-refractivity contribution in [3.05, 3.63) is 50.8 Å². The molecule has 170 valence electrons. The molecule has 2 aromatic rings. The lowest BCUT2D eigenvalue weighted by Crippen LogP contribution is -2.36. The van der Waals surface area contributed by atoms with Crippen LogP contribution in [0.1, 0.15) is 45.8 Å². The molecule has 0 saturated carbocycles. The first-order valence-corrected chi connectivity index (χ1v) is 10.1. The highest BCUT2D eigenvalue weighted by Gasteiger charge is 2.32. The first-order chi connectivity index (χ1) is 15.0. The van der Waals surface area contributed by atoms with Crippen molar-refractivity contribution in [2.24, 2.45) is 0 Å². The number of carbonyl (C=O) groups is 3. The average Bonchev–Trinajstić information content (AvgIpc) is 2.73. The van der Waals surface area contributed by atoms with Crippen LogP contribution in [0.4, 0.5) is 5.69 Å². The van der Waals surface area contributed by atoms with Crippen molar-refractivity contribution in [2.45, 2.75) is 33.2 Å². The molecule has 1 aliphatic rings. The van der Waals surface area contributed by atoms with Crippen molar-refractivity contribution in [2.75, 3.05) is 19.0 Å².